The summed E-state index contributed by atoms with van der Waals surface area (Å²) in [6, 6.07) is 14.8. The average molecular weight is 268 g/mol. The molecule has 0 aliphatic heterocycles. The van der Waals surface area contributed by atoms with E-state index in [-0.39, 0.29) is 10.6 Å². The van der Waals surface area contributed by atoms with Gasteiger partial charge in [0, 0.05) is 0 Å². The van der Waals surface area contributed by atoms with E-state index >= 15 is 0 Å². The molecule has 0 amide bonds. The lowest BCUT2D eigenvalue weighted by molar-refractivity contribution is 0.243. The van der Waals surface area contributed by atoms with Crippen molar-refractivity contribution in [2.75, 3.05) is 0 Å². The Morgan fingerprint density at radius 1 is 0.944 bits per heavy atom. The van der Waals surface area contributed by atoms with Crippen LogP contribution in [0.25, 0.3) is 0 Å². The summed E-state index contributed by atoms with van der Waals surface area (Å²) in [5, 5.41) is 0. The van der Waals surface area contributed by atoms with Crippen molar-refractivity contribution in [3.63, 3.8) is 0 Å². The predicted octanol–water partition coefficient (Wildman–Crippen LogP) is 3.81. The molecule has 0 aliphatic rings. The number of para-hydroxylation sites is 2. The van der Waals surface area contributed by atoms with Crippen LogP contribution < -0.4 is 4.74 Å². The molecule has 5 heteroatoms. The first-order valence-corrected chi connectivity index (χ1v) is 6.40. The van der Waals surface area contributed by atoms with Gasteiger partial charge in [0.25, 0.3) is 0 Å². The Hall–Kier alpha value is -1.75. The fourth-order valence-corrected chi connectivity index (χ4v) is 2.12. The zero-order valence-corrected chi connectivity index (χ0v) is 10.1. The SMILES string of the molecule is O=S(c1ccccc1Oc1ccccc1)C(F)F. The lowest BCUT2D eigenvalue weighted by Gasteiger charge is -2.10. The molecule has 2 aromatic carbocycles. The van der Waals surface area contributed by atoms with Crippen LogP contribution in [0.3, 0.4) is 0 Å². The summed E-state index contributed by atoms with van der Waals surface area (Å²) in [6.45, 7) is 0. The third-order valence-corrected chi connectivity index (χ3v) is 3.29. The molecule has 2 rings (SSSR count). The number of rotatable bonds is 4. The van der Waals surface area contributed by atoms with Crippen LogP contribution in [0.15, 0.2) is 59.5 Å². The fraction of sp³-hybridized carbons (Fsp3) is 0.0769. The maximum atomic E-state index is 12.5. The van der Waals surface area contributed by atoms with Crippen LogP contribution in [-0.4, -0.2) is 9.97 Å². The zero-order chi connectivity index (χ0) is 13.0. The van der Waals surface area contributed by atoms with Gasteiger partial charge < -0.3 is 4.74 Å². The highest BCUT2D eigenvalue weighted by Gasteiger charge is 2.19. The Morgan fingerprint density at radius 2 is 1.56 bits per heavy atom. The molecule has 0 bridgehead atoms. The zero-order valence-electron chi connectivity index (χ0n) is 9.25. The highest BCUT2D eigenvalue weighted by Crippen LogP contribution is 2.29. The quantitative estimate of drug-likeness (QED) is 0.842. The molecular formula is C13H10F2O2S. The van der Waals surface area contributed by atoms with E-state index in [0.29, 0.717) is 5.75 Å². The lowest BCUT2D eigenvalue weighted by Crippen LogP contribution is -2.04. The summed E-state index contributed by atoms with van der Waals surface area (Å²) < 4.78 is 41.8. The number of ether oxygens (including phenoxy) is 1. The van der Waals surface area contributed by atoms with Gasteiger partial charge in [-0.1, -0.05) is 30.3 Å². The minimum atomic E-state index is -2.93. The van der Waals surface area contributed by atoms with Gasteiger partial charge in [0.2, 0.25) is 0 Å². The van der Waals surface area contributed by atoms with E-state index < -0.39 is 16.6 Å². The van der Waals surface area contributed by atoms with E-state index in [4.69, 9.17) is 4.74 Å². The van der Waals surface area contributed by atoms with E-state index in [1.54, 1.807) is 36.4 Å². The van der Waals surface area contributed by atoms with Crippen LogP contribution in [0.1, 0.15) is 0 Å². The first kappa shape index (κ1) is 12.7. The maximum absolute atomic E-state index is 12.5. The molecule has 0 aliphatic carbocycles. The van der Waals surface area contributed by atoms with Gasteiger partial charge in [0.1, 0.15) is 22.3 Å². The highest BCUT2D eigenvalue weighted by atomic mass is 32.2. The van der Waals surface area contributed by atoms with E-state index in [1.165, 1.54) is 12.1 Å². The topological polar surface area (TPSA) is 26.3 Å². The second-order valence-electron chi connectivity index (χ2n) is 3.42. The van der Waals surface area contributed by atoms with E-state index in [1.807, 2.05) is 6.07 Å². The highest BCUT2D eigenvalue weighted by molar-refractivity contribution is 7.85. The summed E-state index contributed by atoms with van der Waals surface area (Å²) in [5.74, 6) is -2.23. The summed E-state index contributed by atoms with van der Waals surface area (Å²) in [7, 11) is -2.38. The van der Waals surface area contributed by atoms with Gasteiger partial charge in [-0.15, -0.1) is 0 Å². The van der Waals surface area contributed by atoms with Gasteiger partial charge in [-0.2, -0.15) is 8.78 Å². The van der Waals surface area contributed by atoms with E-state index in [2.05, 4.69) is 0 Å². The third kappa shape index (κ3) is 2.92. The Balaban J connectivity index is 2.31. The molecule has 2 aromatic rings. The second kappa shape index (κ2) is 5.73. The lowest BCUT2D eigenvalue weighted by atomic mass is 10.3. The molecule has 18 heavy (non-hydrogen) atoms. The van der Waals surface area contributed by atoms with Crippen molar-refractivity contribution < 1.29 is 17.7 Å². The van der Waals surface area contributed by atoms with Crippen molar-refractivity contribution in [3.8, 4) is 11.5 Å². The van der Waals surface area contributed by atoms with Crippen LogP contribution in [0, 0.1) is 0 Å². The van der Waals surface area contributed by atoms with Crippen molar-refractivity contribution in [2.24, 2.45) is 0 Å². The van der Waals surface area contributed by atoms with Gasteiger partial charge in [0.05, 0.1) is 4.90 Å². The molecule has 0 saturated heterocycles. The van der Waals surface area contributed by atoms with Crippen LogP contribution in [0.2, 0.25) is 0 Å². The third-order valence-electron chi connectivity index (χ3n) is 2.20. The van der Waals surface area contributed by atoms with Gasteiger partial charge in [-0.05, 0) is 24.3 Å². The molecule has 0 heterocycles. The van der Waals surface area contributed by atoms with E-state index in [9.17, 15) is 13.0 Å². The molecule has 1 unspecified atom stereocenters. The summed E-state index contributed by atoms with van der Waals surface area (Å²) in [4.78, 5) is -0.00338. The van der Waals surface area contributed by atoms with Gasteiger partial charge in [-0.25, -0.2) is 4.21 Å². The molecule has 0 N–H and O–H groups in total. The fourth-order valence-electron chi connectivity index (χ4n) is 1.41. The largest absolute Gasteiger partial charge is 0.456 e. The first-order chi connectivity index (χ1) is 8.68. The van der Waals surface area contributed by atoms with Gasteiger partial charge >= 0.3 is 5.76 Å². The van der Waals surface area contributed by atoms with Crippen molar-refractivity contribution in [1.82, 2.24) is 0 Å². The Kier molecular flexibility index (Phi) is 4.04. The van der Waals surface area contributed by atoms with Gasteiger partial charge in [0.15, 0.2) is 0 Å². The molecule has 0 aromatic heterocycles. The molecule has 94 valence electrons. The van der Waals surface area contributed by atoms with Gasteiger partial charge in [-0.3, -0.25) is 0 Å². The second-order valence-corrected chi connectivity index (χ2v) is 4.81. The van der Waals surface area contributed by atoms with Crippen LogP contribution >= 0.6 is 0 Å². The number of benzene rings is 2. The average Bonchev–Trinajstić information content (AvgIpc) is 2.39. The molecule has 0 radical (unpaired) electrons. The van der Waals surface area contributed by atoms with Crippen molar-refractivity contribution in [2.45, 2.75) is 10.7 Å². The number of alkyl halides is 2. The molecule has 1 atom stereocenters. The minimum absolute atomic E-state index is 0.00338. The summed E-state index contributed by atoms with van der Waals surface area (Å²) in [5.41, 5.74) is 0. The standard InChI is InChI=1S/C13H10F2O2S/c14-13(15)18(16)12-9-5-4-8-11(12)17-10-6-2-1-3-7-10/h1-9,13H. The van der Waals surface area contributed by atoms with Crippen molar-refractivity contribution in [1.29, 1.82) is 0 Å². The Labute approximate surface area is 106 Å². The minimum Gasteiger partial charge on any atom is -0.456 e. The Bertz CT molecular complexity index is 544. The molecule has 0 fully saturated rings. The van der Waals surface area contributed by atoms with Crippen molar-refractivity contribution in [3.05, 3.63) is 54.6 Å². The number of halogens is 2. The monoisotopic (exact) mass is 268 g/mol. The molecule has 0 spiro atoms. The van der Waals surface area contributed by atoms with E-state index in [0.717, 1.165) is 0 Å². The summed E-state index contributed by atoms with van der Waals surface area (Å²) in [6.07, 6.45) is 0. The molecule has 0 saturated carbocycles. The van der Waals surface area contributed by atoms with Crippen LogP contribution in [-0.2, 0) is 10.8 Å². The molecular weight excluding hydrogens is 258 g/mol. The summed E-state index contributed by atoms with van der Waals surface area (Å²) >= 11 is 0. The van der Waals surface area contributed by atoms with Crippen molar-refractivity contribution >= 4 is 10.8 Å². The van der Waals surface area contributed by atoms with Crippen LogP contribution in [0.4, 0.5) is 8.78 Å². The molecule has 2 nitrogen and oxygen atoms in total. The number of hydrogen-bond acceptors (Lipinski definition) is 2. The van der Waals surface area contributed by atoms with Crippen LogP contribution in [0.5, 0.6) is 11.5 Å². The first-order valence-electron chi connectivity index (χ1n) is 5.19. The Morgan fingerprint density at radius 3 is 2.22 bits per heavy atom. The predicted molar refractivity (Wildman–Crippen MR) is 65.4 cm³/mol. The normalized spacial score (nSPS) is 12.4. The maximum Gasteiger partial charge on any atom is 0.316 e. The number of hydrogen-bond donors (Lipinski definition) is 0. The smallest absolute Gasteiger partial charge is 0.316 e.